The maximum absolute atomic E-state index is 13.1. The van der Waals surface area contributed by atoms with Gasteiger partial charge in [-0.3, -0.25) is 9.59 Å². The summed E-state index contributed by atoms with van der Waals surface area (Å²) in [6.07, 6.45) is 1.77. The lowest BCUT2D eigenvalue weighted by molar-refractivity contribution is -0.141. The summed E-state index contributed by atoms with van der Waals surface area (Å²) in [5, 5.41) is 2.90. The molecule has 114 valence electrons. The Balaban J connectivity index is 2.26. The van der Waals surface area contributed by atoms with Crippen molar-refractivity contribution in [1.82, 2.24) is 10.2 Å². The van der Waals surface area contributed by atoms with Gasteiger partial charge >= 0.3 is 0 Å². The lowest BCUT2D eigenvalue weighted by Crippen LogP contribution is -2.46. The first-order chi connectivity index (χ1) is 10.0. The van der Waals surface area contributed by atoms with Gasteiger partial charge in [-0.15, -0.1) is 0 Å². The van der Waals surface area contributed by atoms with Gasteiger partial charge in [0.2, 0.25) is 11.8 Å². The molecule has 5 heteroatoms. The predicted molar refractivity (Wildman–Crippen MR) is 77.9 cm³/mol. The lowest BCUT2D eigenvalue weighted by atomic mass is 9.84. The van der Waals surface area contributed by atoms with Crippen LogP contribution in [0.1, 0.15) is 37.8 Å². The Labute approximate surface area is 124 Å². The molecule has 0 aromatic heterocycles. The van der Waals surface area contributed by atoms with Crippen LogP contribution in [0, 0.1) is 11.7 Å². The maximum Gasteiger partial charge on any atom is 0.225 e. The number of carbonyl (C=O) groups excluding carboxylic acids is 2. The molecule has 1 aromatic rings. The second-order valence-corrected chi connectivity index (χ2v) is 5.44. The first-order valence-electron chi connectivity index (χ1n) is 7.33. The smallest absolute Gasteiger partial charge is 0.225 e. The fraction of sp³-hybridized carbons (Fsp3) is 0.500. The van der Waals surface area contributed by atoms with Crippen molar-refractivity contribution in [1.29, 1.82) is 0 Å². The van der Waals surface area contributed by atoms with Crippen molar-refractivity contribution < 1.29 is 14.0 Å². The zero-order chi connectivity index (χ0) is 15.4. The Kier molecular flexibility index (Phi) is 4.94. The fourth-order valence-electron chi connectivity index (χ4n) is 2.81. The summed E-state index contributed by atoms with van der Waals surface area (Å²) in [5.41, 5.74) is 0.795. The minimum absolute atomic E-state index is 0.0175. The molecule has 1 N–H and O–H groups in total. The second kappa shape index (κ2) is 6.70. The molecule has 1 saturated heterocycles. The molecule has 1 aliphatic rings. The molecule has 4 nitrogen and oxygen atoms in total. The number of rotatable bonds is 4. The van der Waals surface area contributed by atoms with E-state index < -0.39 is 0 Å². The minimum atomic E-state index is -0.330. The number of nitrogens with zero attached hydrogens (tertiary/aromatic N) is 1. The summed E-state index contributed by atoms with van der Waals surface area (Å²) in [6.45, 7) is 2.62. The van der Waals surface area contributed by atoms with Gasteiger partial charge in [0.05, 0.1) is 12.0 Å². The van der Waals surface area contributed by atoms with Gasteiger partial charge in [-0.05, 0) is 30.5 Å². The van der Waals surface area contributed by atoms with E-state index in [2.05, 4.69) is 5.32 Å². The summed E-state index contributed by atoms with van der Waals surface area (Å²) in [7, 11) is 1.70. The van der Waals surface area contributed by atoms with Crippen molar-refractivity contribution in [3.05, 3.63) is 35.6 Å². The average Bonchev–Trinajstić information content (AvgIpc) is 2.48. The molecule has 0 unspecified atom stereocenters. The molecule has 1 fully saturated rings. The van der Waals surface area contributed by atoms with Gasteiger partial charge in [0.25, 0.3) is 0 Å². The number of hydrogen-bond donors (Lipinski definition) is 1. The van der Waals surface area contributed by atoms with E-state index in [9.17, 15) is 14.0 Å². The van der Waals surface area contributed by atoms with Gasteiger partial charge in [-0.25, -0.2) is 4.39 Å². The zero-order valence-electron chi connectivity index (χ0n) is 12.4. The monoisotopic (exact) mass is 292 g/mol. The van der Waals surface area contributed by atoms with E-state index in [-0.39, 0.29) is 29.6 Å². The van der Waals surface area contributed by atoms with Crippen molar-refractivity contribution >= 4 is 11.8 Å². The van der Waals surface area contributed by atoms with E-state index in [1.807, 2.05) is 6.92 Å². The normalized spacial score (nSPS) is 22.2. The summed E-state index contributed by atoms with van der Waals surface area (Å²) >= 11 is 0. The number of likely N-dealkylation sites (tertiary alicyclic amines) is 1. The number of benzene rings is 1. The van der Waals surface area contributed by atoms with Crippen molar-refractivity contribution in [3.8, 4) is 0 Å². The highest BCUT2D eigenvalue weighted by Gasteiger charge is 2.38. The first kappa shape index (κ1) is 15.5. The summed E-state index contributed by atoms with van der Waals surface area (Å²) in [5.74, 6) is -0.630. The van der Waals surface area contributed by atoms with Gasteiger partial charge in [0, 0.05) is 20.0 Å². The van der Waals surface area contributed by atoms with Crippen LogP contribution < -0.4 is 5.32 Å². The van der Waals surface area contributed by atoms with Crippen LogP contribution in [0.3, 0.4) is 0 Å². The van der Waals surface area contributed by atoms with Crippen LogP contribution in [0.25, 0.3) is 0 Å². The molecular formula is C16H21FN2O2. The van der Waals surface area contributed by atoms with Crippen LogP contribution in [-0.2, 0) is 9.59 Å². The summed E-state index contributed by atoms with van der Waals surface area (Å²) in [4.78, 5) is 25.9. The molecule has 0 aliphatic carbocycles. The van der Waals surface area contributed by atoms with Crippen LogP contribution in [0.4, 0.5) is 4.39 Å². The molecular weight excluding hydrogens is 271 g/mol. The first-order valence-corrected chi connectivity index (χ1v) is 7.33. The molecule has 1 heterocycles. The minimum Gasteiger partial charge on any atom is -0.356 e. The third-order valence-corrected chi connectivity index (χ3v) is 3.96. The van der Waals surface area contributed by atoms with Gasteiger partial charge in [-0.2, -0.15) is 0 Å². The SMILES string of the molecule is CCCNC(=O)[C@H]1CCC(=O)N(C)[C@@H]1c1ccc(F)cc1. The summed E-state index contributed by atoms with van der Waals surface area (Å²) in [6, 6.07) is 5.69. The second-order valence-electron chi connectivity index (χ2n) is 5.44. The Morgan fingerprint density at radius 3 is 2.67 bits per heavy atom. The number of nitrogens with one attached hydrogen (secondary N) is 1. The third-order valence-electron chi connectivity index (χ3n) is 3.96. The van der Waals surface area contributed by atoms with Crippen molar-refractivity contribution in [2.45, 2.75) is 32.2 Å². The topological polar surface area (TPSA) is 49.4 Å². The Morgan fingerprint density at radius 1 is 1.38 bits per heavy atom. The van der Waals surface area contributed by atoms with E-state index in [1.165, 1.54) is 12.1 Å². The Morgan fingerprint density at radius 2 is 2.05 bits per heavy atom. The van der Waals surface area contributed by atoms with Crippen molar-refractivity contribution in [2.24, 2.45) is 5.92 Å². The molecule has 0 spiro atoms. The van der Waals surface area contributed by atoms with Gasteiger partial charge in [0.15, 0.2) is 0 Å². The standard InChI is InChI=1S/C16H21FN2O2/c1-3-10-18-16(21)13-8-9-14(20)19(2)15(13)11-4-6-12(17)7-5-11/h4-7,13,15H,3,8-10H2,1-2H3,(H,18,21)/t13-,15+/m0/s1. The predicted octanol–water partition coefficient (Wildman–Crippen LogP) is 2.26. The Bertz CT molecular complexity index is 516. The highest BCUT2D eigenvalue weighted by Crippen LogP contribution is 2.35. The fourth-order valence-corrected chi connectivity index (χ4v) is 2.81. The number of carbonyl (C=O) groups is 2. The molecule has 1 aromatic carbocycles. The summed E-state index contributed by atoms with van der Waals surface area (Å²) < 4.78 is 13.1. The van der Waals surface area contributed by atoms with Crippen LogP contribution in [0.5, 0.6) is 0 Å². The number of halogens is 1. The maximum atomic E-state index is 13.1. The average molecular weight is 292 g/mol. The van der Waals surface area contributed by atoms with Crippen LogP contribution in [-0.4, -0.2) is 30.3 Å². The molecule has 0 radical (unpaired) electrons. The third kappa shape index (κ3) is 3.40. The molecule has 21 heavy (non-hydrogen) atoms. The van der Waals surface area contributed by atoms with E-state index in [4.69, 9.17) is 0 Å². The lowest BCUT2D eigenvalue weighted by Gasteiger charge is -2.38. The molecule has 1 aliphatic heterocycles. The number of piperidine rings is 1. The molecule has 0 bridgehead atoms. The largest absolute Gasteiger partial charge is 0.356 e. The highest BCUT2D eigenvalue weighted by atomic mass is 19.1. The molecule has 2 rings (SSSR count). The molecule has 2 atom stereocenters. The van der Waals surface area contributed by atoms with Crippen molar-refractivity contribution in [2.75, 3.05) is 13.6 Å². The Hall–Kier alpha value is -1.91. The van der Waals surface area contributed by atoms with Crippen LogP contribution in [0.2, 0.25) is 0 Å². The van der Waals surface area contributed by atoms with Gasteiger partial charge in [0.1, 0.15) is 5.82 Å². The molecule has 0 saturated carbocycles. The van der Waals surface area contributed by atoms with E-state index in [0.717, 1.165) is 12.0 Å². The van der Waals surface area contributed by atoms with Crippen molar-refractivity contribution in [3.63, 3.8) is 0 Å². The van der Waals surface area contributed by atoms with E-state index in [0.29, 0.717) is 19.4 Å². The quantitative estimate of drug-likeness (QED) is 0.925. The van der Waals surface area contributed by atoms with Crippen LogP contribution >= 0.6 is 0 Å². The molecule has 2 amide bonds. The van der Waals surface area contributed by atoms with Gasteiger partial charge < -0.3 is 10.2 Å². The van der Waals surface area contributed by atoms with Gasteiger partial charge in [-0.1, -0.05) is 19.1 Å². The van der Waals surface area contributed by atoms with E-state index in [1.54, 1.807) is 24.1 Å². The number of amides is 2. The van der Waals surface area contributed by atoms with E-state index >= 15 is 0 Å². The van der Waals surface area contributed by atoms with Crippen LogP contribution in [0.15, 0.2) is 24.3 Å². The highest BCUT2D eigenvalue weighted by molar-refractivity contribution is 5.84. The number of hydrogen-bond acceptors (Lipinski definition) is 2. The zero-order valence-corrected chi connectivity index (χ0v) is 12.4.